The van der Waals surface area contributed by atoms with Crippen molar-refractivity contribution in [3.8, 4) is 17.2 Å². The van der Waals surface area contributed by atoms with Gasteiger partial charge in [-0.25, -0.2) is 4.39 Å². The number of nitrogens with one attached hydrogen (secondary N) is 2. The van der Waals surface area contributed by atoms with Crippen LogP contribution in [0, 0.1) is 23.1 Å². The summed E-state index contributed by atoms with van der Waals surface area (Å²) in [6, 6.07) is 14.7. The van der Waals surface area contributed by atoms with Crippen molar-refractivity contribution in [3.05, 3.63) is 66.0 Å². The third-order valence-electron chi connectivity index (χ3n) is 7.88. The lowest BCUT2D eigenvalue weighted by Gasteiger charge is -2.30. The topological polar surface area (TPSA) is 68.2 Å². The minimum absolute atomic E-state index is 0.143. The number of nitrogens with zero attached hydrogens (tertiary/aromatic N) is 2. The van der Waals surface area contributed by atoms with E-state index in [1.165, 1.54) is 25.3 Å². The first-order chi connectivity index (χ1) is 17.0. The monoisotopic (exact) mass is 472 g/mol. The van der Waals surface area contributed by atoms with Crippen LogP contribution in [0.3, 0.4) is 0 Å². The van der Waals surface area contributed by atoms with Crippen molar-refractivity contribution < 1.29 is 9.18 Å². The van der Waals surface area contributed by atoms with Crippen LogP contribution < -0.4 is 10.6 Å². The van der Waals surface area contributed by atoms with Crippen molar-refractivity contribution in [2.24, 2.45) is 5.92 Å². The highest BCUT2D eigenvalue weighted by atomic mass is 19.1. The number of hydrogen-bond donors (Lipinski definition) is 2. The van der Waals surface area contributed by atoms with E-state index in [1.54, 1.807) is 6.07 Å². The number of hydrogen-bond acceptors (Lipinski definition) is 4. The fourth-order valence-corrected chi connectivity index (χ4v) is 5.85. The van der Waals surface area contributed by atoms with Gasteiger partial charge in [0.1, 0.15) is 11.9 Å². The van der Waals surface area contributed by atoms with Crippen LogP contribution >= 0.6 is 0 Å². The Balaban J connectivity index is 1.22. The normalized spacial score (nSPS) is 24.1. The Morgan fingerprint density at radius 2 is 1.89 bits per heavy atom. The summed E-state index contributed by atoms with van der Waals surface area (Å²) >= 11 is 0. The summed E-state index contributed by atoms with van der Waals surface area (Å²) in [4.78, 5) is 15.0. The maximum Gasteiger partial charge on any atom is 0.238 e. The van der Waals surface area contributed by atoms with Gasteiger partial charge < -0.3 is 15.5 Å². The van der Waals surface area contributed by atoms with Crippen molar-refractivity contribution in [1.82, 2.24) is 15.5 Å². The number of amides is 1. The summed E-state index contributed by atoms with van der Waals surface area (Å²) in [7, 11) is 0. The summed E-state index contributed by atoms with van der Waals surface area (Å²) in [5, 5.41) is 15.7. The highest BCUT2D eigenvalue weighted by molar-refractivity contribution is 5.83. The number of halogens is 1. The zero-order chi connectivity index (χ0) is 24.4. The van der Waals surface area contributed by atoms with Crippen LogP contribution in [-0.4, -0.2) is 42.0 Å². The SMILES string of the molecule is C=C(c1ccc(-c2ccc(C[C@@H](C#N)NC(=O)C3NC4CCC3C4)c(F)c2)cc1)N1CCCCC1. The van der Waals surface area contributed by atoms with Crippen molar-refractivity contribution in [3.63, 3.8) is 0 Å². The minimum atomic E-state index is -0.760. The molecule has 2 aliphatic heterocycles. The van der Waals surface area contributed by atoms with Crippen LogP contribution in [0.1, 0.15) is 49.7 Å². The number of nitriles is 1. The van der Waals surface area contributed by atoms with E-state index in [2.05, 4.69) is 28.2 Å². The summed E-state index contributed by atoms with van der Waals surface area (Å²) in [5.74, 6) is -0.164. The molecule has 2 saturated heterocycles. The van der Waals surface area contributed by atoms with Crippen molar-refractivity contribution in [2.75, 3.05) is 13.1 Å². The number of fused-ring (bicyclic) bond motifs is 2. The smallest absolute Gasteiger partial charge is 0.238 e. The minimum Gasteiger partial charge on any atom is -0.372 e. The fourth-order valence-electron chi connectivity index (χ4n) is 5.85. The van der Waals surface area contributed by atoms with E-state index >= 15 is 0 Å². The summed E-state index contributed by atoms with van der Waals surface area (Å²) < 4.78 is 15.0. The Morgan fingerprint density at radius 3 is 2.51 bits per heavy atom. The van der Waals surface area contributed by atoms with Crippen molar-refractivity contribution in [2.45, 2.75) is 63.1 Å². The highest BCUT2D eigenvalue weighted by Crippen LogP contribution is 2.35. The van der Waals surface area contributed by atoms with Crippen molar-refractivity contribution >= 4 is 11.6 Å². The molecule has 182 valence electrons. The van der Waals surface area contributed by atoms with E-state index in [0.717, 1.165) is 54.7 Å². The number of carbonyl (C=O) groups is 1. The number of likely N-dealkylation sites (tertiary alicyclic amines) is 1. The first kappa shape index (κ1) is 23.6. The molecule has 2 N–H and O–H groups in total. The standard InChI is InChI=1S/C29H33FN4O/c1-19(34-13-3-2-4-14-34)20-5-7-21(8-6-20)22-9-10-23(27(30)17-22)15-26(18-31)33-29(35)28-24-11-12-25(16-24)32-28/h5-10,17,24-26,28,32H,1-4,11-16H2,(H,33,35)/t24?,25?,26-,28?/m0/s1. The predicted molar refractivity (Wildman–Crippen MR) is 136 cm³/mol. The lowest BCUT2D eigenvalue weighted by Crippen LogP contribution is -2.50. The van der Waals surface area contributed by atoms with Gasteiger partial charge in [-0.2, -0.15) is 5.26 Å². The Morgan fingerprint density at radius 1 is 1.14 bits per heavy atom. The molecule has 2 aromatic rings. The number of rotatable bonds is 7. The third-order valence-corrected chi connectivity index (χ3v) is 7.88. The van der Waals surface area contributed by atoms with Gasteiger partial charge in [0.15, 0.2) is 0 Å². The van der Waals surface area contributed by atoms with Crippen LogP contribution in [0.15, 0.2) is 49.0 Å². The summed E-state index contributed by atoms with van der Waals surface area (Å²) in [5.41, 5.74) is 4.27. The molecule has 1 saturated carbocycles. The zero-order valence-corrected chi connectivity index (χ0v) is 20.1. The molecule has 4 atom stereocenters. The predicted octanol–water partition coefficient (Wildman–Crippen LogP) is 4.64. The first-order valence-corrected chi connectivity index (χ1v) is 12.8. The van der Waals surface area contributed by atoms with Gasteiger partial charge in [-0.05, 0) is 72.8 Å². The molecule has 2 aromatic carbocycles. The molecular formula is C29H33FN4O. The molecule has 6 heteroatoms. The van der Waals surface area contributed by atoms with Crippen LogP contribution in [0.25, 0.3) is 16.8 Å². The Bertz CT molecular complexity index is 1130. The summed E-state index contributed by atoms with van der Waals surface area (Å²) in [6.07, 6.45) is 7.03. The van der Waals surface area contributed by atoms with Gasteiger partial charge in [-0.15, -0.1) is 0 Å². The van der Waals surface area contributed by atoms with Gasteiger partial charge in [0, 0.05) is 31.2 Å². The number of benzene rings is 2. The maximum absolute atomic E-state index is 15.0. The average molecular weight is 473 g/mol. The molecule has 0 radical (unpaired) electrons. The molecule has 3 unspecified atom stereocenters. The zero-order valence-electron chi connectivity index (χ0n) is 20.1. The van der Waals surface area contributed by atoms with E-state index in [0.29, 0.717) is 17.5 Å². The van der Waals surface area contributed by atoms with E-state index in [1.807, 2.05) is 30.3 Å². The van der Waals surface area contributed by atoms with Gasteiger partial charge in [0.2, 0.25) is 5.91 Å². The molecule has 5 nitrogen and oxygen atoms in total. The Kier molecular flexibility index (Phi) is 6.88. The molecule has 2 heterocycles. The van der Waals surface area contributed by atoms with Gasteiger partial charge >= 0.3 is 0 Å². The van der Waals surface area contributed by atoms with E-state index in [-0.39, 0.29) is 24.2 Å². The van der Waals surface area contributed by atoms with E-state index in [4.69, 9.17) is 0 Å². The van der Waals surface area contributed by atoms with Crippen molar-refractivity contribution in [1.29, 1.82) is 5.26 Å². The molecular weight excluding hydrogens is 439 g/mol. The van der Waals surface area contributed by atoms with E-state index in [9.17, 15) is 14.4 Å². The Hall–Kier alpha value is -3.17. The van der Waals surface area contributed by atoms with E-state index < -0.39 is 6.04 Å². The van der Waals surface area contributed by atoms with Gasteiger partial charge in [0.25, 0.3) is 0 Å². The van der Waals surface area contributed by atoms with Crippen LogP contribution in [0.4, 0.5) is 4.39 Å². The number of carbonyl (C=O) groups excluding carboxylic acids is 1. The molecule has 1 aliphatic carbocycles. The lowest BCUT2D eigenvalue weighted by atomic mass is 9.97. The maximum atomic E-state index is 15.0. The van der Waals surface area contributed by atoms with Gasteiger partial charge in [0.05, 0.1) is 12.1 Å². The second-order valence-corrected chi connectivity index (χ2v) is 10.2. The quantitative estimate of drug-likeness (QED) is 0.616. The molecule has 5 rings (SSSR count). The molecule has 0 spiro atoms. The Labute approximate surface area is 207 Å². The molecule has 35 heavy (non-hydrogen) atoms. The first-order valence-electron chi connectivity index (χ1n) is 12.8. The number of piperidine rings is 2. The molecule has 3 fully saturated rings. The summed E-state index contributed by atoms with van der Waals surface area (Å²) in [6.45, 7) is 6.38. The fraction of sp³-hybridized carbons (Fsp3) is 0.448. The van der Waals surface area contributed by atoms with Crippen LogP contribution in [0.2, 0.25) is 0 Å². The molecule has 0 aromatic heterocycles. The lowest BCUT2D eigenvalue weighted by molar-refractivity contribution is -0.124. The second-order valence-electron chi connectivity index (χ2n) is 10.2. The molecule has 2 bridgehead atoms. The van der Waals surface area contributed by atoms with Gasteiger partial charge in [-0.1, -0.05) is 43.0 Å². The molecule has 3 aliphatic rings. The second kappa shape index (κ2) is 10.2. The molecule has 1 amide bonds. The van der Waals surface area contributed by atoms with Gasteiger partial charge in [-0.3, -0.25) is 4.79 Å². The highest BCUT2D eigenvalue weighted by Gasteiger charge is 2.43. The van der Waals surface area contributed by atoms with Crippen LogP contribution in [-0.2, 0) is 11.2 Å². The third kappa shape index (κ3) is 5.11. The van der Waals surface area contributed by atoms with Crippen LogP contribution in [0.5, 0.6) is 0 Å². The average Bonchev–Trinajstić information content (AvgIpc) is 3.54. The largest absolute Gasteiger partial charge is 0.372 e.